The number of nitrogens with zero attached hydrogens (tertiary/aromatic N) is 1. The van der Waals surface area contributed by atoms with E-state index in [0.29, 0.717) is 32.2 Å². The molecular weight excluding hydrogens is 558 g/mol. The first kappa shape index (κ1) is 24.8. The molecule has 0 aliphatic carbocycles. The van der Waals surface area contributed by atoms with Crippen molar-refractivity contribution in [3.63, 3.8) is 0 Å². The second kappa shape index (κ2) is 10.6. The highest BCUT2D eigenvalue weighted by Crippen LogP contribution is 2.40. The minimum atomic E-state index is -0.997. The van der Waals surface area contributed by atoms with E-state index >= 15 is 0 Å². The molecule has 0 bridgehead atoms. The Morgan fingerprint density at radius 1 is 1.11 bits per heavy atom. The first-order valence-electron chi connectivity index (χ1n) is 10.1. The van der Waals surface area contributed by atoms with E-state index in [4.69, 9.17) is 26.2 Å². The fraction of sp³-hybridized carbons (Fsp3) is 0.0800. The Labute approximate surface area is 218 Å². The molecule has 0 saturated carbocycles. The van der Waals surface area contributed by atoms with Gasteiger partial charge in [0, 0.05) is 5.02 Å². The van der Waals surface area contributed by atoms with Gasteiger partial charge in [-0.25, -0.2) is 9.69 Å². The molecule has 0 spiro atoms. The number of hydrogen-bond donors (Lipinski definition) is 1. The zero-order chi connectivity index (χ0) is 25.1. The molecule has 10 heteroatoms. The second-order valence-corrected chi connectivity index (χ2v) is 9.60. The standard InChI is InChI=1S/C25H17BrClNO6S/c1-33-20-11-15(10-19(26)22(20)34-13-14-2-4-16(5-3-14)24(30)31)12-21-23(29)28(25(32)35-21)18-8-6-17(27)7-9-18/h2-12H,13H2,1H3,(H,30,31)/b21-12+. The van der Waals surface area contributed by atoms with Crippen LogP contribution in [-0.4, -0.2) is 29.3 Å². The number of carbonyl (C=O) groups excluding carboxylic acids is 2. The number of carboxylic acids is 1. The van der Waals surface area contributed by atoms with Gasteiger partial charge in [0.05, 0.1) is 27.7 Å². The van der Waals surface area contributed by atoms with E-state index in [1.165, 1.54) is 19.2 Å². The molecule has 4 rings (SSSR count). The predicted octanol–water partition coefficient (Wildman–Crippen LogP) is 6.63. The molecule has 0 unspecified atom stereocenters. The highest BCUT2D eigenvalue weighted by molar-refractivity contribution is 9.10. The number of carbonyl (C=O) groups is 3. The van der Waals surface area contributed by atoms with Gasteiger partial charge in [0.2, 0.25) is 0 Å². The maximum absolute atomic E-state index is 12.9. The fourth-order valence-electron chi connectivity index (χ4n) is 3.29. The summed E-state index contributed by atoms with van der Waals surface area (Å²) in [6.07, 6.45) is 1.61. The Hall–Kier alpha value is -3.27. The Morgan fingerprint density at radius 2 is 1.80 bits per heavy atom. The molecule has 1 N–H and O–H groups in total. The SMILES string of the molecule is COc1cc(/C=C2/SC(=O)N(c3ccc(Cl)cc3)C2=O)cc(Br)c1OCc1ccc(C(=O)O)cc1. The van der Waals surface area contributed by atoms with Gasteiger partial charge >= 0.3 is 5.97 Å². The Balaban J connectivity index is 1.54. The maximum Gasteiger partial charge on any atom is 0.335 e. The van der Waals surface area contributed by atoms with Gasteiger partial charge < -0.3 is 14.6 Å². The van der Waals surface area contributed by atoms with Crippen LogP contribution in [0.2, 0.25) is 5.02 Å². The molecule has 1 aliphatic heterocycles. The van der Waals surface area contributed by atoms with Crippen molar-refractivity contribution in [2.75, 3.05) is 12.0 Å². The van der Waals surface area contributed by atoms with Crippen molar-refractivity contribution in [2.45, 2.75) is 6.61 Å². The van der Waals surface area contributed by atoms with Crippen LogP contribution < -0.4 is 14.4 Å². The monoisotopic (exact) mass is 573 g/mol. The highest BCUT2D eigenvalue weighted by atomic mass is 79.9. The minimum Gasteiger partial charge on any atom is -0.493 e. The van der Waals surface area contributed by atoms with Gasteiger partial charge in [-0.15, -0.1) is 0 Å². The van der Waals surface area contributed by atoms with E-state index in [-0.39, 0.29) is 17.1 Å². The summed E-state index contributed by atoms with van der Waals surface area (Å²) in [4.78, 5) is 37.8. The number of hydrogen-bond acceptors (Lipinski definition) is 6. The van der Waals surface area contributed by atoms with E-state index in [0.717, 1.165) is 22.2 Å². The van der Waals surface area contributed by atoms with E-state index in [9.17, 15) is 14.4 Å². The van der Waals surface area contributed by atoms with Crippen molar-refractivity contribution in [3.05, 3.63) is 91.8 Å². The third-order valence-electron chi connectivity index (χ3n) is 5.01. The highest BCUT2D eigenvalue weighted by Gasteiger charge is 2.36. The van der Waals surface area contributed by atoms with E-state index in [1.54, 1.807) is 54.6 Å². The van der Waals surface area contributed by atoms with Crippen molar-refractivity contribution in [3.8, 4) is 11.5 Å². The summed E-state index contributed by atoms with van der Waals surface area (Å²) < 4.78 is 12.0. The lowest BCUT2D eigenvalue weighted by Gasteiger charge is -2.14. The topological polar surface area (TPSA) is 93.1 Å². The number of methoxy groups -OCH3 is 1. The second-order valence-electron chi connectivity index (χ2n) is 7.32. The van der Waals surface area contributed by atoms with Crippen LogP contribution >= 0.6 is 39.3 Å². The van der Waals surface area contributed by atoms with Crippen LogP contribution in [0, 0.1) is 0 Å². The van der Waals surface area contributed by atoms with Crippen LogP contribution in [0.3, 0.4) is 0 Å². The first-order valence-corrected chi connectivity index (χ1v) is 12.1. The molecule has 3 aromatic rings. The number of anilines is 1. The summed E-state index contributed by atoms with van der Waals surface area (Å²) in [5.41, 5.74) is 2.05. The number of amides is 2. The molecule has 1 saturated heterocycles. The number of aromatic carboxylic acids is 1. The normalized spacial score (nSPS) is 14.5. The molecule has 1 heterocycles. The number of benzene rings is 3. The summed E-state index contributed by atoms with van der Waals surface area (Å²) in [6, 6.07) is 16.3. The zero-order valence-electron chi connectivity index (χ0n) is 18.2. The van der Waals surface area contributed by atoms with Gasteiger partial charge in [-0.2, -0.15) is 0 Å². The van der Waals surface area contributed by atoms with E-state index < -0.39 is 17.1 Å². The summed E-state index contributed by atoms with van der Waals surface area (Å²) in [6.45, 7) is 0.189. The molecular formula is C25H17BrClNO6S. The molecule has 0 atom stereocenters. The molecule has 2 amide bonds. The van der Waals surface area contributed by atoms with Crippen LogP contribution in [0.5, 0.6) is 11.5 Å². The molecule has 1 fully saturated rings. The molecule has 0 aromatic heterocycles. The van der Waals surface area contributed by atoms with Gasteiger partial charge in [-0.3, -0.25) is 9.59 Å². The third-order valence-corrected chi connectivity index (χ3v) is 6.72. The number of rotatable bonds is 7. The molecule has 178 valence electrons. The van der Waals surface area contributed by atoms with Gasteiger partial charge in [-0.05, 0) is 93.4 Å². The molecule has 7 nitrogen and oxygen atoms in total. The molecule has 0 radical (unpaired) electrons. The van der Waals surface area contributed by atoms with Crippen LogP contribution in [0.25, 0.3) is 6.08 Å². The van der Waals surface area contributed by atoms with Crippen LogP contribution in [-0.2, 0) is 11.4 Å². The Kier molecular flexibility index (Phi) is 7.49. The molecule has 1 aliphatic rings. The van der Waals surface area contributed by atoms with Crippen molar-refractivity contribution in [2.24, 2.45) is 0 Å². The van der Waals surface area contributed by atoms with Gasteiger partial charge in [0.15, 0.2) is 11.5 Å². The summed E-state index contributed by atoms with van der Waals surface area (Å²) in [7, 11) is 1.49. The smallest absolute Gasteiger partial charge is 0.335 e. The Bertz CT molecular complexity index is 1340. The van der Waals surface area contributed by atoms with E-state index in [2.05, 4.69) is 15.9 Å². The van der Waals surface area contributed by atoms with Crippen molar-refractivity contribution in [1.29, 1.82) is 0 Å². The summed E-state index contributed by atoms with van der Waals surface area (Å²) in [5.74, 6) is -0.558. The number of thioether (sulfide) groups is 1. The van der Waals surface area contributed by atoms with Gasteiger partial charge in [0.1, 0.15) is 6.61 Å². The van der Waals surface area contributed by atoms with Crippen molar-refractivity contribution >= 4 is 68.2 Å². The van der Waals surface area contributed by atoms with Crippen LogP contribution in [0.4, 0.5) is 10.5 Å². The number of carboxylic acid groups (broad SMARTS) is 1. The number of halogens is 2. The van der Waals surface area contributed by atoms with Crippen LogP contribution in [0.15, 0.2) is 70.0 Å². The summed E-state index contributed by atoms with van der Waals surface area (Å²) >= 11 is 10.2. The maximum atomic E-state index is 12.9. The quantitative estimate of drug-likeness (QED) is 0.317. The average molecular weight is 575 g/mol. The van der Waals surface area contributed by atoms with E-state index in [1.807, 2.05) is 0 Å². The Morgan fingerprint density at radius 3 is 2.43 bits per heavy atom. The third kappa shape index (κ3) is 5.53. The number of ether oxygens (including phenoxy) is 2. The van der Waals surface area contributed by atoms with Gasteiger partial charge in [0.25, 0.3) is 11.1 Å². The van der Waals surface area contributed by atoms with Gasteiger partial charge in [-0.1, -0.05) is 23.7 Å². The lowest BCUT2D eigenvalue weighted by molar-refractivity contribution is -0.113. The largest absolute Gasteiger partial charge is 0.493 e. The average Bonchev–Trinajstić information content (AvgIpc) is 3.11. The number of imide groups is 1. The molecule has 3 aromatic carbocycles. The fourth-order valence-corrected chi connectivity index (χ4v) is 4.84. The minimum absolute atomic E-state index is 0.189. The summed E-state index contributed by atoms with van der Waals surface area (Å²) in [5, 5.41) is 9.13. The first-order chi connectivity index (χ1) is 16.8. The lowest BCUT2D eigenvalue weighted by Crippen LogP contribution is -2.27. The lowest BCUT2D eigenvalue weighted by atomic mass is 10.1. The van der Waals surface area contributed by atoms with Crippen molar-refractivity contribution in [1.82, 2.24) is 0 Å². The molecule has 35 heavy (non-hydrogen) atoms. The predicted molar refractivity (Wildman–Crippen MR) is 138 cm³/mol. The van der Waals surface area contributed by atoms with Crippen LogP contribution in [0.1, 0.15) is 21.5 Å². The van der Waals surface area contributed by atoms with Crippen molar-refractivity contribution < 1.29 is 29.0 Å². The zero-order valence-corrected chi connectivity index (χ0v) is 21.3.